The Balaban J connectivity index is 0.00000180. The van der Waals surface area contributed by atoms with Crippen LogP contribution in [0.5, 0.6) is 0 Å². The molecule has 1 saturated carbocycles. The Morgan fingerprint density at radius 1 is 1.42 bits per heavy atom. The molecule has 106 valence electrons. The van der Waals surface area contributed by atoms with Gasteiger partial charge in [-0.05, 0) is 18.9 Å². The molecule has 1 aliphatic carbocycles. The van der Waals surface area contributed by atoms with Crippen molar-refractivity contribution >= 4 is 24.0 Å². The van der Waals surface area contributed by atoms with E-state index in [-0.39, 0.29) is 23.9 Å². The molecule has 5 nitrogen and oxygen atoms in total. The van der Waals surface area contributed by atoms with Crippen molar-refractivity contribution in [3.63, 3.8) is 0 Å². The van der Waals surface area contributed by atoms with E-state index in [4.69, 9.17) is 5.73 Å². The fourth-order valence-corrected chi connectivity index (χ4v) is 2.51. The lowest BCUT2D eigenvalue weighted by molar-refractivity contribution is -0.124. The summed E-state index contributed by atoms with van der Waals surface area (Å²) in [7, 11) is 1.66. The monoisotopic (exact) mass is 285 g/mol. The molecular weight excluding hydrogens is 266 g/mol. The van der Waals surface area contributed by atoms with Crippen molar-refractivity contribution in [1.29, 1.82) is 0 Å². The average molecular weight is 286 g/mol. The normalized spacial score (nSPS) is 16.7. The van der Waals surface area contributed by atoms with Gasteiger partial charge in [-0.3, -0.25) is 9.59 Å². The first-order valence-electron chi connectivity index (χ1n) is 6.26. The van der Waals surface area contributed by atoms with E-state index in [0.29, 0.717) is 12.2 Å². The number of hydrogen-bond donors (Lipinski definition) is 2. The van der Waals surface area contributed by atoms with Crippen molar-refractivity contribution < 1.29 is 4.79 Å². The van der Waals surface area contributed by atoms with Crippen molar-refractivity contribution in [2.75, 3.05) is 11.9 Å². The van der Waals surface area contributed by atoms with Crippen LogP contribution in [0, 0.1) is 5.41 Å². The van der Waals surface area contributed by atoms with Crippen LogP contribution in [0.1, 0.15) is 25.7 Å². The molecule has 1 aliphatic rings. The molecule has 1 fully saturated rings. The van der Waals surface area contributed by atoms with Crippen LogP contribution in [0.15, 0.2) is 23.1 Å². The Morgan fingerprint density at radius 3 is 2.58 bits per heavy atom. The molecule has 19 heavy (non-hydrogen) atoms. The number of nitrogens with two attached hydrogens (primary N) is 1. The molecule has 1 heterocycles. The number of pyridine rings is 1. The highest BCUT2D eigenvalue weighted by Gasteiger charge is 2.39. The standard InChI is InChI=1S/C13H19N3O2.ClH/c1-16-8-10(4-5-11(16)17)15-12(18)13(9-14)6-2-3-7-13;/h4-5,8H,2-3,6-7,9,14H2,1H3,(H,15,18);1H. The van der Waals surface area contributed by atoms with Gasteiger partial charge in [0, 0.05) is 25.9 Å². The van der Waals surface area contributed by atoms with Crippen molar-refractivity contribution in [3.05, 3.63) is 28.7 Å². The number of carbonyl (C=O) groups excluding carboxylic acids is 1. The van der Waals surface area contributed by atoms with E-state index >= 15 is 0 Å². The predicted molar refractivity (Wildman–Crippen MR) is 77.5 cm³/mol. The number of rotatable bonds is 3. The van der Waals surface area contributed by atoms with Gasteiger partial charge in [0.25, 0.3) is 0 Å². The summed E-state index contributed by atoms with van der Waals surface area (Å²) < 4.78 is 1.44. The van der Waals surface area contributed by atoms with Crippen molar-refractivity contribution in [2.45, 2.75) is 25.7 Å². The third kappa shape index (κ3) is 3.16. The highest BCUT2D eigenvalue weighted by Crippen LogP contribution is 2.38. The maximum absolute atomic E-state index is 12.3. The summed E-state index contributed by atoms with van der Waals surface area (Å²) >= 11 is 0. The van der Waals surface area contributed by atoms with E-state index < -0.39 is 5.41 Å². The second-order valence-electron chi connectivity index (χ2n) is 5.01. The first-order chi connectivity index (χ1) is 8.57. The molecule has 1 amide bonds. The Hall–Kier alpha value is -1.33. The Kier molecular flexibility index (Phi) is 5.14. The SMILES string of the molecule is Cl.Cn1cc(NC(=O)C2(CN)CCCC2)ccc1=O. The predicted octanol–water partition coefficient (Wildman–Crippen LogP) is 1.26. The van der Waals surface area contributed by atoms with Crippen LogP contribution >= 0.6 is 12.4 Å². The minimum Gasteiger partial charge on any atom is -0.329 e. The van der Waals surface area contributed by atoms with Gasteiger partial charge in [-0.25, -0.2) is 0 Å². The highest BCUT2D eigenvalue weighted by molar-refractivity contribution is 5.95. The fraction of sp³-hybridized carbons (Fsp3) is 0.538. The van der Waals surface area contributed by atoms with Crippen molar-refractivity contribution in [1.82, 2.24) is 4.57 Å². The topological polar surface area (TPSA) is 77.1 Å². The summed E-state index contributed by atoms with van der Waals surface area (Å²) in [5.41, 5.74) is 5.88. The number of halogens is 1. The van der Waals surface area contributed by atoms with Crippen LogP contribution < -0.4 is 16.6 Å². The zero-order valence-corrected chi connectivity index (χ0v) is 11.8. The summed E-state index contributed by atoms with van der Waals surface area (Å²) in [4.78, 5) is 23.5. The molecular formula is C13H20ClN3O2. The first-order valence-corrected chi connectivity index (χ1v) is 6.26. The molecule has 3 N–H and O–H groups in total. The van der Waals surface area contributed by atoms with E-state index in [9.17, 15) is 9.59 Å². The van der Waals surface area contributed by atoms with Gasteiger partial charge in [0.2, 0.25) is 11.5 Å². The molecule has 2 rings (SSSR count). The molecule has 0 bridgehead atoms. The van der Waals surface area contributed by atoms with Crippen LogP contribution in [0.25, 0.3) is 0 Å². The smallest absolute Gasteiger partial charge is 0.250 e. The van der Waals surface area contributed by atoms with Gasteiger partial charge in [-0.2, -0.15) is 0 Å². The number of nitrogens with one attached hydrogen (secondary N) is 1. The van der Waals surface area contributed by atoms with E-state index in [2.05, 4.69) is 5.32 Å². The zero-order chi connectivity index (χ0) is 13.2. The lowest BCUT2D eigenvalue weighted by atomic mass is 9.85. The van der Waals surface area contributed by atoms with Crippen LogP contribution in [0.3, 0.4) is 0 Å². The second kappa shape index (κ2) is 6.21. The fourth-order valence-electron chi connectivity index (χ4n) is 2.51. The average Bonchev–Trinajstić information content (AvgIpc) is 2.84. The van der Waals surface area contributed by atoms with Crippen LogP contribution in [0.2, 0.25) is 0 Å². The molecule has 0 unspecified atom stereocenters. The number of aryl methyl sites for hydroxylation is 1. The zero-order valence-electron chi connectivity index (χ0n) is 11.0. The molecule has 0 saturated heterocycles. The van der Waals surface area contributed by atoms with Crippen molar-refractivity contribution in [2.24, 2.45) is 18.2 Å². The Bertz CT molecular complexity index is 507. The molecule has 0 radical (unpaired) electrons. The van der Waals surface area contributed by atoms with Gasteiger partial charge in [0.05, 0.1) is 11.1 Å². The summed E-state index contributed by atoms with van der Waals surface area (Å²) in [6.45, 7) is 0.380. The number of nitrogens with zero attached hydrogens (tertiary/aromatic N) is 1. The minimum atomic E-state index is -0.422. The number of aromatic nitrogens is 1. The molecule has 0 aliphatic heterocycles. The Morgan fingerprint density at radius 2 is 2.05 bits per heavy atom. The lowest BCUT2D eigenvalue weighted by Crippen LogP contribution is -2.40. The number of anilines is 1. The van der Waals surface area contributed by atoms with Crippen LogP contribution in [-0.2, 0) is 11.8 Å². The van der Waals surface area contributed by atoms with E-state index in [1.54, 1.807) is 19.3 Å². The number of carbonyl (C=O) groups is 1. The molecule has 1 aromatic heterocycles. The maximum Gasteiger partial charge on any atom is 0.250 e. The van der Waals surface area contributed by atoms with Gasteiger partial charge < -0.3 is 15.6 Å². The quantitative estimate of drug-likeness (QED) is 0.878. The molecule has 6 heteroatoms. The van der Waals surface area contributed by atoms with Gasteiger partial charge >= 0.3 is 0 Å². The van der Waals surface area contributed by atoms with Crippen molar-refractivity contribution in [3.8, 4) is 0 Å². The Labute approximate surface area is 118 Å². The third-order valence-corrected chi connectivity index (χ3v) is 3.78. The second-order valence-corrected chi connectivity index (χ2v) is 5.01. The summed E-state index contributed by atoms with van der Waals surface area (Å²) in [6, 6.07) is 3.07. The van der Waals surface area contributed by atoms with Crippen LogP contribution in [-0.4, -0.2) is 17.0 Å². The summed E-state index contributed by atoms with van der Waals surface area (Å²) in [5.74, 6) is -0.0267. The largest absolute Gasteiger partial charge is 0.329 e. The van der Waals surface area contributed by atoms with Gasteiger partial charge in [0.15, 0.2) is 0 Å². The molecule has 0 aromatic carbocycles. The van der Waals surface area contributed by atoms with Gasteiger partial charge in [-0.15, -0.1) is 12.4 Å². The van der Waals surface area contributed by atoms with Gasteiger partial charge in [0.1, 0.15) is 0 Å². The van der Waals surface area contributed by atoms with Gasteiger partial charge in [-0.1, -0.05) is 12.8 Å². The molecule has 0 atom stereocenters. The lowest BCUT2D eigenvalue weighted by Gasteiger charge is -2.25. The minimum absolute atomic E-state index is 0. The van der Waals surface area contributed by atoms with E-state index in [1.165, 1.54) is 10.6 Å². The summed E-state index contributed by atoms with van der Waals surface area (Å²) in [6.07, 6.45) is 5.43. The molecule has 0 spiro atoms. The highest BCUT2D eigenvalue weighted by atomic mass is 35.5. The molecule has 1 aromatic rings. The first kappa shape index (κ1) is 15.7. The van der Waals surface area contributed by atoms with E-state index in [1.807, 2.05) is 0 Å². The third-order valence-electron chi connectivity index (χ3n) is 3.78. The summed E-state index contributed by atoms with van der Waals surface area (Å²) in [5, 5.41) is 2.86. The maximum atomic E-state index is 12.3. The number of hydrogen-bond acceptors (Lipinski definition) is 3. The van der Waals surface area contributed by atoms with Crippen LogP contribution in [0.4, 0.5) is 5.69 Å². The van der Waals surface area contributed by atoms with E-state index in [0.717, 1.165) is 25.7 Å². The number of amides is 1.